The van der Waals surface area contributed by atoms with Crippen molar-refractivity contribution in [1.29, 1.82) is 0 Å². The third-order valence-electron chi connectivity index (χ3n) is 4.67. The van der Waals surface area contributed by atoms with Crippen LogP contribution in [0.5, 0.6) is 0 Å². The van der Waals surface area contributed by atoms with Crippen LogP contribution in [0, 0.1) is 11.8 Å². The molecule has 0 bridgehead atoms. The number of sulfone groups is 1. The first-order chi connectivity index (χ1) is 10.9. The average molecular weight is 401 g/mol. The number of hydrogen-bond acceptors (Lipinski definition) is 5. The van der Waals surface area contributed by atoms with Gasteiger partial charge in [0.15, 0.2) is 0 Å². The van der Waals surface area contributed by atoms with Gasteiger partial charge in [-0.2, -0.15) is 8.78 Å². The lowest BCUT2D eigenvalue weighted by molar-refractivity contribution is 0.0760. The lowest BCUT2D eigenvalue weighted by atomic mass is 9.92. The first kappa shape index (κ1) is 19.6. The Morgan fingerprint density at radius 1 is 1.25 bits per heavy atom. The number of alkyl halides is 2. The summed E-state index contributed by atoms with van der Waals surface area (Å²) < 4.78 is 48.9. The maximum absolute atomic E-state index is 12.8. The van der Waals surface area contributed by atoms with E-state index in [0.717, 1.165) is 43.3 Å². The molecule has 0 unspecified atom stereocenters. The van der Waals surface area contributed by atoms with E-state index in [1.165, 1.54) is 5.38 Å². The van der Waals surface area contributed by atoms with Crippen LogP contribution in [0.3, 0.4) is 0 Å². The second-order valence-electron chi connectivity index (χ2n) is 5.97. The van der Waals surface area contributed by atoms with Crippen molar-refractivity contribution < 1.29 is 22.0 Å². The summed E-state index contributed by atoms with van der Waals surface area (Å²) in [5, 5.41) is 4.72. The minimum absolute atomic E-state index is 0. The van der Waals surface area contributed by atoms with Crippen molar-refractivity contribution in [2.75, 3.05) is 26.2 Å². The molecule has 3 heterocycles. The predicted octanol–water partition coefficient (Wildman–Crippen LogP) is 2.24. The summed E-state index contributed by atoms with van der Waals surface area (Å²) in [5.41, 5.74) is 0. The fourth-order valence-electron chi connectivity index (χ4n) is 3.34. The Morgan fingerprint density at radius 2 is 1.83 bits per heavy atom. The molecule has 2 atom stereocenters. The average Bonchev–Trinajstić information content (AvgIpc) is 3.12. The van der Waals surface area contributed by atoms with Crippen LogP contribution in [0.15, 0.2) is 16.3 Å². The van der Waals surface area contributed by atoms with Gasteiger partial charge in [0.25, 0.3) is 5.91 Å². The highest BCUT2D eigenvalue weighted by atomic mass is 35.5. The van der Waals surface area contributed by atoms with E-state index in [4.69, 9.17) is 0 Å². The zero-order valence-electron chi connectivity index (χ0n) is 12.8. The maximum Gasteiger partial charge on any atom is 0.341 e. The van der Waals surface area contributed by atoms with E-state index in [2.05, 4.69) is 5.32 Å². The molecule has 2 aliphatic heterocycles. The standard InChI is InChI=1S/C14H18F2N2O3S2.ClH/c15-14(16)23(20,21)11-3-6-22-12(11)13(19)18-4-1-9-7-17-8-10(9)2-5-18;/h3,6,9-10,14,17H,1-2,4-5,7-8H2;1H/t9-,10+;. The third kappa shape index (κ3) is 3.58. The molecule has 24 heavy (non-hydrogen) atoms. The molecule has 2 aliphatic rings. The van der Waals surface area contributed by atoms with Crippen LogP contribution in [0.25, 0.3) is 0 Å². The van der Waals surface area contributed by atoms with Gasteiger partial charge < -0.3 is 10.2 Å². The van der Waals surface area contributed by atoms with Crippen LogP contribution >= 0.6 is 23.7 Å². The molecule has 0 aliphatic carbocycles. The Balaban J connectivity index is 0.00000208. The van der Waals surface area contributed by atoms with Gasteiger partial charge in [0.2, 0.25) is 9.84 Å². The molecule has 0 aromatic carbocycles. The molecule has 2 saturated heterocycles. The van der Waals surface area contributed by atoms with Gasteiger partial charge in [0, 0.05) is 13.1 Å². The van der Waals surface area contributed by atoms with Crippen molar-refractivity contribution in [3.8, 4) is 0 Å². The molecule has 0 saturated carbocycles. The van der Waals surface area contributed by atoms with Crippen molar-refractivity contribution in [3.05, 3.63) is 16.3 Å². The molecule has 136 valence electrons. The van der Waals surface area contributed by atoms with Gasteiger partial charge >= 0.3 is 5.76 Å². The Bertz CT molecular complexity index is 682. The van der Waals surface area contributed by atoms with Gasteiger partial charge in [0.1, 0.15) is 4.88 Å². The summed E-state index contributed by atoms with van der Waals surface area (Å²) in [5.74, 6) is -2.91. The van der Waals surface area contributed by atoms with E-state index in [-0.39, 0.29) is 17.3 Å². The predicted molar refractivity (Wildman–Crippen MR) is 89.7 cm³/mol. The Labute approximate surface area is 149 Å². The highest BCUT2D eigenvalue weighted by Gasteiger charge is 2.36. The van der Waals surface area contributed by atoms with E-state index in [0.29, 0.717) is 24.9 Å². The number of amides is 1. The van der Waals surface area contributed by atoms with Crippen molar-refractivity contribution in [2.24, 2.45) is 11.8 Å². The molecule has 0 radical (unpaired) electrons. The highest BCUT2D eigenvalue weighted by molar-refractivity contribution is 7.92. The van der Waals surface area contributed by atoms with Crippen molar-refractivity contribution in [3.63, 3.8) is 0 Å². The van der Waals surface area contributed by atoms with E-state index >= 15 is 0 Å². The monoisotopic (exact) mass is 400 g/mol. The van der Waals surface area contributed by atoms with E-state index in [1.807, 2.05) is 0 Å². The zero-order valence-corrected chi connectivity index (χ0v) is 15.2. The smallest absolute Gasteiger partial charge is 0.338 e. The molecule has 3 rings (SSSR count). The van der Waals surface area contributed by atoms with E-state index in [1.54, 1.807) is 4.90 Å². The fraction of sp³-hybridized carbons (Fsp3) is 0.643. The van der Waals surface area contributed by atoms with E-state index < -0.39 is 26.4 Å². The van der Waals surface area contributed by atoms with Crippen molar-refractivity contribution in [2.45, 2.75) is 23.5 Å². The summed E-state index contributed by atoms with van der Waals surface area (Å²) in [7, 11) is -4.75. The quantitative estimate of drug-likeness (QED) is 0.845. The van der Waals surface area contributed by atoms with Gasteiger partial charge in [0.05, 0.1) is 4.90 Å². The summed E-state index contributed by atoms with van der Waals surface area (Å²) in [6.07, 6.45) is 1.71. The molecule has 1 N–H and O–H groups in total. The SMILES string of the molecule is Cl.O=C(c1sccc1S(=O)(=O)C(F)F)N1CC[C@@H]2CNC[C@@H]2CC1. The minimum atomic E-state index is -4.75. The Kier molecular flexibility index (Phi) is 6.22. The lowest BCUT2D eigenvalue weighted by Crippen LogP contribution is -2.33. The van der Waals surface area contributed by atoms with Crippen LogP contribution < -0.4 is 5.32 Å². The number of nitrogens with one attached hydrogen (secondary N) is 1. The fourth-order valence-corrected chi connectivity index (χ4v) is 5.47. The molecule has 5 nitrogen and oxygen atoms in total. The molecule has 1 aromatic rings. The zero-order chi connectivity index (χ0) is 16.6. The van der Waals surface area contributed by atoms with Crippen LogP contribution in [0.2, 0.25) is 0 Å². The minimum Gasteiger partial charge on any atom is -0.338 e. The number of fused-ring (bicyclic) bond motifs is 1. The lowest BCUT2D eigenvalue weighted by Gasteiger charge is -2.20. The largest absolute Gasteiger partial charge is 0.341 e. The Hall–Kier alpha value is -0.770. The van der Waals surface area contributed by atoms with Gasteiger partial charge in [-0.25, -0.2) is 8.42 Å². The summed E-state index contributed by atoms with van der Waals surface area (Å²) in [6.45, 7) is 2.95. The summed E-state index contributed by atoms with van der Waals surface area (Å²) >= 11 is 0.908. The number of carbonyl (C=O) groups is 1. The molecule has 10 heteroatoms. The van der Waals surface area contributed by atoms with E-state index in [9.17, 15) is 22.0 Å². The molecular weight excluding hydrogens is 382 g/mol. The molecular formula is C14H19ClF2N2O3S2. The first-order valence-corrected chi connectivity index (χ1v) is 9.93. The molecule has 0 spiro atoms. The molecule has 1 amide bonds. The number of carbonyl (C=O) groups excluding carboxylic acids is 1. The number of thiophene rings is 1. The van der Waals surface area contributed by atoms with Gasteiger partial charge in [-0.1, -0.05) is 0 Å². The van der Waals surface area contributed by atoms with Crippen LogP contribution in [-0.2, 0) is 9.84 Å². The summed E-state index contributed by atoms with van der Waals surface area (Å²) in [4.78, 5) is 13.6. The van der Waals surface area contributed by atoms with Crippen LogP contribution in [0.1, 0.15) is 22.5 Å². The van der Waals surface area contributed by atoms with Gasteiger partial charge in [-0.15, -0.1) is 23.7 Å². The number of nitrogens with zero attached hydrogens (tertiary/aromatic N) is 1. The van der Waals surface area contributed by atoms with Crippen molar-refractivity contribution >= 4 is 39.5 Å². The molecule has 1 aromatic heterocycles. The second-order valence-corrected chi connectivity index (χ2v) is 8.77. The van der Waals surface area contributed by atoms with Crippen LogP contribution in [-0.4, -0.2) is 51.2 Å². The highest BCUT2D eigenvalue weighted by Crippen LogP contribution is 2.31. The topological polar surface area (TPSA) is 66.5 Å². The first-order valence-electron chi connectivity index (χ1n) is 7.51. The maximum atomic E-state index is 12.8. The molecule has 2 fully saturated rings. The van der Waals surface area contributed by atoms with Crippen molar-refractivity contribution in [1.82, 2.24) is 10.2 Å². The normalized spacial score (nSPS) is 24.4. The number of hydrogen-bond donors (Lipinski definition) is 1. The number of likely N-dealkylation sites (tertiary alicyclic amines) is 1. The second kappa shape index (κ2) is 7.63. The van der Waals surface area contributed by atoms with Gasteiger partial charge in [-0.05, 0) is 49.2 Å². The number of halogens is 3. The Morgan fingerprint density at radius 3 is 2.38 bits per heavy atom. The van der Waals surface area contributed by atoms with Gasteiger partial charge in [-0.3, -0.25) is 4.79 Å². The van der Waals surface area contributed by atoms with Crippen LogP contribution in [0.4, 0.5) is 8.78 Å². The number of rotatable bonds is 3. The summed E-state index contributed by atoms with van der Waals surface area (Å²) in [6, 6.07) is 1.09. The third-order valence-corrected chi connectivity index (χ3v) is 7.12.